The van der Waals surface area contributed by atoms with Crippen molar-refractivity contribution >= 4 is 11.5 Å². The van der Waals surface area contributed by atoms with E-state index in [0.717, 1.165) is 62.4 Å². The highest BCUT2D eigenvalue weighted by atomic mass is 19.1. The largest absolute Gasteiger partial charge is 0.382 e. The minimum absolute atomic E-state index is 0.0617. The second kappa shape index (κ2) is 10.3. The number of hydrogen-bond acceptors (Lipinski definition) is 5. The topological polar surface area (TPSA) is 90.6 Å². The number of pyridine rings is 2. The van der Waals surface area contributed by atoms with Gasteiger partial charge in [-0.2, -0.15) is 4.39 Å². The number of nitrogens with zero attached hydrogens (tertiary/aromatic N) is 4. The summed E-state index contributed by atoms with van der Waals surface area (Å²) in [5.74, 6) is -0.112. The van der Waals surface area contributed by atoms with E-state index in [9.17, 15) is 9.18 Å². The summed E-state index contributed by atoms with van der Waals surface area (Å²) in [4.78, 5) is 28.3. The zero-order valence-corrected chi connectivity index (χ0v) is 19.4. The van der Waals surface area contributed by atoms with Gasteiger partial charge in [0.25, 0.3) is 5.56 Å². The predicted molar refractivity (Wildman–Crippen MR) is 130 cm³/mol. The number of aromatic nitrogens is 2. The van der Waals surface area contributed by atoms with Crippen molar-refractivity contribution < 1.29 is 4.39 Å². The van der Waals surface area contributed by atoms with E-state index in [2.05, 4.69) is 30.8 Å². The Morgan fingerprint density at radius 3 is 2.67 bits per heavy atom. The minimum atomic E-state index is -0.618. The third-order valence-corrected chi connectivity index (χ3v) is 6.91. The highest BCUT2D eigenvalue weighted by molar-refractivity contribution is 5.96. The fourth-order valence-corrected chi connectivity index (χ4v) is 4.91. The molecular formula is C25H33FN6O. The van der Waals surface area contributed by atoms with E-state index in [1.54, 1.807) is 19.2 Å². The Morgan fingerprint density at radius 1 is 1.24 bits per heavy atom. The minimum Gasteiger partial charge on any atom is -0.382 e. The maximum Gasteiger partial charge on any atom is 0.251 e. The van der Waals surface area contributed by atoms with Gasteiger partial charge >= 0.3 is 0 Å². The number of hydrogen-bond donors (Lipinski definition) is 2. The van der Waals surface area contributed by atoms with Gasteiger partial charge in [-0.1, -0.05) is 13.0 Å². The van der Waals surface area contributed by atoms with Crippen LogP contribution in [0, 0.1) is 0 Å². The van der Waals surface area contributed by atoms with Crippen LogP contribution in [0.2, 0.25) is 0 Å². The molecule has 176 valence electrons. The van der Waals surface area contributed by atoms with E-state index >= 15 is 0 Å². The first kappa shape index (κ1) is 23.2. The number of H-pyrrole nitrogens is 1. The molecule has 2 fully saturated rings. The van der Waals surface area contributed by atoms with Crippen LogP contribution in [0.25, 0.3) is 0 Å². The second-order valence-corrected chi connectivity index (χ2v) is 8.82. The second-order valence-electron chi connectivity index (χ2n) is 8.82. The number of piperazine rings is 1. The number of halogens is 1. The van der Waals surface area contributed by atoms with Crippen molar-refractivity contribution in [3.63, 3.8) is 0 Å². The summed E-state index contributed by atoms with van der Waals surface area (Å²) in [6.45, 7) is 7.44. The van der Waals surface area contributed by atoms with E-state index in [4.69, 9.17) is 5.73 Å². The normalized spacial score (nSPS) is 22.7. The van der Waals surface area contributed by atoms with Crippen LogP contribution in [-0.4, -0.2) is 52.9 Å². The van der Waals surface area contributed by atoms with Crippen molar-refractivity contribution in [2.24, 2.45) is 10.7 Å². The number of aliphatic imine (C=N–C) groups is 1. The number of aryl methyl sites for hydroxylation is 1. The van der Waals surface area contributed by atoms with Gasteiger partial charge in [-0.3, -0.25) is 14.7 Å². The molecule has 0 spiro atoms. The number of anilines is 1. The van der Waals surface area contributed by atoms with Gasteiger partial charge in [0.2, 0.25) is 5.95 Å². The SMILES string of the molecule is C/C=C(F)/N=C(\N)c1ccc(N2CCN([C@H]3CC[C@@H](c4ccc(CC)c(=O)[nH]4)C3)CC2)cn1. The molecule has 2 aliphatic rings. The third-order valence-electron chi connectivity index (χ3n) is 6.91. The van der Waals surface area contributed by atoms with Gasteiger partial charge in [0.05, 0.1) is 11.9 Å². The van der Waals surface area contributed by atoms with Crippen LogP contribution in [0.3, 0.4) is 0 Å². The molecule has 8 heteroatoms. The van der Waals surface area contributed by atoms with Crippen molar-refractivity contribution in [1.29, 1.82) is 0 Å². The van der Waals surface area contributed by atoms with Crippen LogP contribution in [0.15, 0.2) is 52.3 Å². The van der Waals surface area contributed by atoms with Crippen LogP contribution in [0.5, 0.6) is 0 Å². The number of nitrogens with two attached hydrogens (primary N) is 1. The molecule has 0 bridgehead atoms. The van der Waals surface area contributed by atoms with Gasteiger partial charge in [-0.15, -0.1) is 0 Å². The molecule has 3 heterocycles. The molecule has 0 amide bonds. The first-order valence-electron chi connectivity index (χ1n) is 11.8. The number of amidine groups is 1. The molecule has 1 aliphatic carbocycles. The predicted octanol–water partition coefficient (Wildman–Crippen LogP) is 3.33. The molecule has 0 unspecified atom stereocenters. The van der Waals surface area contributed by atoms with Crippen LogP contribution < -0.4 is 16.2 Å². The first-order chi connectivity index (χ1) is 16.0. The van der Waals surface area contributed by atoms with Crippen molar-refractivity contribution in [1.82, 2.24) is 14.9 Å². The van der Waals surface area contributed by atoms with Gasteiger partial charge in [0, 0.05) is 49.4 Å². The van der Waals surface area contributed by atoms with Gasteiger partial charge in [-0.25, -0.2) is 4.99 Å². The molecule has 2 atom stereocenters. The quantitative estimate of drug-likeness (QED) is 0.399. The zero-order valence-electron chi connectivity index (χ0n) is 19.4. The van der Waals surface area contributed by atoms with Gasteiger partial charge in [0.15, 0.2) is 5.84 Å². The number of rotatable bonds is 6. The molecule has 0 aromatic carbocycles. The molecule has 7 nitrogen and oxygen atoms in total. The van der Waals surface area contributed by atoms with E-state index in [-0.39, 0.29) is 11.4 Å². The first-order valence-corrected chi connectivity index (χ1v) is 11.8. The summed E-state index contributed by atoms with van der Waals surface area (Å²) in [5.41, 5.74) is 9.34. The lowest BCUT2D eigenvalue weighted by atomic mass is 10.0. The standard InChI is InChI=1S/C25H33FN6O/c1-3-17-6-9-21(29-25(17)33)18-5-7-19(15-18)31-11-13-32(14-12-31)20-8-10-22(28-16-20)24(27)30-23(26)4-2/h4,6,8-10,16,18-19H,3,5,7,11-15H2,1-2H3,(H2,27,30)(H,29,33)/b23-4+/t18-,19+/m1/s1. The Hall–Kier alpha value is -3.00. The van der Waals surface area contributed by atoms with E-state index < -0.39 is 5.95 Å². The van der Waals surface area contributed by atoms with Crippen molar-refractivity contribution in [3.8, 4) is 0 Å². The molecule has 2 aromatic heterocycles. The smallest absolute Gasteiger partial charge is 0.251 e. The summed E-state index contributed by atoms with van der Waals surface area (Å²) in [7, 11) is 0. The zero-order chi connectivity index (χ0) is 23.4. The number of allylic oxidation sites excluding steroid dienone is 1. The summed E-state index contributed by atoms with van der Waals surface area (Å²) in [6, 6.07) is 8.40. The highest BCUT2D eigenvalue weighted by Crippen LogP contribution is 2.36. The molecule has 33 heavy (non-hydrogen) atoms. The Morgan fingerprint density at radius 2 is 2.03 bits per heavy atom. The van der Waals surface area contributed by atoms with Crippen LogP contribution in [0.1, 0.15) is 56.0 Å². The molecule has 3 N–H and O–H groups in total. The van der Waals surface area contributed by atoms with Gasteiger partial charge in [-0.05, 0) is 56.9 Å². The molecule has 1 saturated carbocycles. The number of nitrogens with one attached hydrogen (secondary N) is 1. The Balaban J connectivity index is 1.32. The Labute approximate surface area is 194 Å². The van der Waals surface area contributed by atoms with E-state index in [0.29, 0.717) is 17.7 Å². The third kappa shape index (κ3) is 5.33. The molecule has 1 aliphatic heterocycles. The number of aromatic amines is 1. The highest BCUT2D eigenvalue weighted by Gasteiger charge is 2.32. The summed E-state index contributed by atoms with van der Waals surface area (Å²) in [6.07, 6.45) is 7.19. The molecule has 1 saturated heterocycles. The van der Waals surface area contributed by atoms with Crippen LogP contribution in [0.4, 0.5) is 10.1 Å². The van der Waals surface area contributed by atoms with Crippen molar-refractivity contribution in [2.75, 3.05) is 31.1 Å². The van der Waals surface area contributed by atoms with E-state index in [1.807, 2.05) is 19.1 Å². The lowest BCUT2D eigenvalue weighted by Crippen LogP contribution is -2.49. The monoisotopic (exact) mass is 452 g/mol. The fraction of sp³-hybridized carbons (Fsp3) is 0.480. The van der Waals surface area contributed by atoms with E-state index in [1.165, 1.54) is 12.5 Å². The Kier molecular flexibility index (Phi) is 7.23. The summed E-state index contributed by atoms with van der Waals surface area (Å²) in [5, 5.41) is 0. The van der Waals surface area contributed by atoms with Gasteiger partial charge < -0.3 is 15.6 Å². The fourth-order valence-electron chi connectivity index (χ4n) is 4.91. The van der Waals surface area contributed by atoms with Crippen LogP contribution >= 0.6 is 0 Å². The van der Waals surface area contributed by atoms with Gasteiger partial charge in [0.1, 0.15) is 5.69 Å². The average Bonchev–Trinajstić information content (AvgIpc) is 3.34. The summed E-state index contributed by atoms with van der Waals surface area (Å²) >= 11 is 0. The lowest BCUT2D eigenvalue weighted by molar-refractivity contribution is 0.186. The maximum absolute atomic E-state index is 13.3. The maximum atomic E-state index is 13.3. The van der Waals surface area contributed by atoms with Crippen LogP contribution in [-0.2, 0) is 6.42 Å². The average molecular weight is 453 g/mol. The molecule has 0 radical (unpaired) electrons. The molecular weight excluding hydrogens is 419 g/mol. The van der Waals surface area contributed by atoms with Crippen molar-refractivity contribution in [3.05, 3.63) is 69.8 Å². The van der Waals surface area contributed by atoms with Crippen molar-refractivity contribution in [2.45, 2.75) is 51.5 Å². The molecule has 4 rings (SSSR count). The lowest BCUT2D eigenvalue weighted by Gasteiger charge is -2.39. The molecule has 2 aromatic rings. The Bertz CT molecular complexity index is 1070. The summed E-state index contributed by atoms with van der Waals surface area (Å²) < 4.78 is 13.3.